The highest BCUT2D eigenvalue weighted by atomic mass is 16.1. The van der Waals surface area contributed by atoms with Crippen molar-refractivity contribution in [3.8, 4) is 6.07 Å². The van der Waals surface area contributed by atoms with Crippen molar-refractivity contribution < 1.29 is 4.79 Å². The number of benzene rings is 1. The number of carbonyl (C=O) groups excluding carboxylic acids is 1. The molecule has 0 aromatic heterocycles. The summed E-state index contributed by atoms with van der Waals surface area (Å²) >= 11 is 0. The lowest BCUT2D eigenvalue weighted by Gasteiger charge is -2.04. The van der Waals surface area contributed by atoms with Crippen LogP contribution in [-0.4, -0.2) is 31.2 Å². The van der Waals surface area contributed by atoms with Crippen molar-refractivity contribution in [2.24, 2.45) is 4.99 Å². The summed E-state index contributed by atoms with van der Waals surface area (Å²) in [4.78, 5) is 17.2. The second-order valence-electron chi connectivity index (χ2n) is 3.99. The van der Waals surface area contributed by atoms with Crippen LogP contribution in [0.2, 0.25) is 0 Å². The normalized spacial score (nSPS) is 11.9. The molecule has 0 aliphatic carbocycles. The van der Waals surface area contributed by atoms with Crippen molar-refractivity contribution in [1.29, 1.82) is 5.26 Å². The number of carbonyl (C=O) groups is 1. The second kappa shape index (κ2) is 6.36. The minimum Gasteiger partial charge on any atom is -0.369 e. The summed E-state index contributed by atoms with van der Waals surface area (Å²) in [5.74, 6) is -0.521. The average molecular weight is 241 g/mol. The zero-order valence-electron chi connectivity index (χ0n) is 10.7. The maximum Gasteiger partial charge on any atom is 0.289 e. The molecule has 0 N–H and O–H groups in total. The third-order valence-corrected chi connectivity index (χ3v) is 2.31. The highest BCUT2D eigenvalue weighted by Gasteiger charge is 2.12. The van der Waals surface area contributed by atoms with E-state index in [0.717, 1.165) is 5.56 Å². The van der Waals surface area contributed by atoms with Gasteiger partial charge in [0.05, 0.1) is 6.34 Å². The Balaban J connectivity index is 3.10. The lowest BCUT2D eigenvalue weighted by Crippen LogP contribution is -2.10. The van der Waals surface area contributed by atoms with Crippen LogP contribution in [0, 0.1) is 11.3 Å². The number of hydrogen-bond acceptors (Lipinski definition) is 2. The molecule has 1 amide bonds. The van der Waals surface area contributed by atoms with Gasteiger partial charge in [0, 0.05) is 14.1 Å². The van der Waals surface area contributed by atoms with Crippen LogP contribution in [-0.2, 0) is 4.79 Å². The maximum atomic E-state index is 11.8. The van der Waals surface area contributed by atoms with Gasteiger partial charge in [0.25, 0.3) is 5.91 Å². The third kappa shape index (κ3) is 3.56. The predicted octanol–water partition coefficient (Wildman–Crippen LogP) is 2.10. The van der Waals surface area contributed by atoms with Gasteiger partial charge in [-0.3, -0.25) is 4.79 Å². The molecule has 0 unspecified atom stereocenters. The van der Waals surface area contributed by atoms with Crippen LogP contribution >= 0.6 is 0 Å². The summed E-state index contributed by atoms with van der Waals surface area (Å²) in [5.41, 5.74) is 1.56. The first-order valence-corrected chi connectivity index (χ1v) is 5.47. The number of allylic oxidation sites excluding steroid dienone is 1. The van der Waals surface area contributed by atoms with E-state index in [1.165, 1.54) is 6.34 Å². The summed E-state index contributed by atoms with van der Waals surface area (Å²) < 4.78 is 0. The lowest BCUT2D eigenvalue weighted by atomic mass is 10.0. The van der Waals surface area contributed by atoms with Crippen LogP contribution in [0.25, 0.3) is 5.57 Å². The Labute approximate surface area is 107 Å². The van der Waals surface area contributed by atoms with E-state index >= 15 is 0 Å². The molecule has 4 nitrogen and oxygen atoms in total. The fraction of sp³-hybridized carbons (Fsp3) is 0.214. The van der Waals surface area contributed by atoms with E-state index < -0.39 is 5.91 Å². The van der Waals surface area contributed by atoms with Crippen LogP contribution < -0.4 is 0 Å². The summed E-state index contributed by atoms with van der Waals surface area (Å²) in [5, 5.41) is 9.08. The average Bonchev–Trinajstić information content (AvgIpc) is 2.38. The highest BCUT2D eigenvalue weighted by Crippen LogP contribution is 2.18. The SMILES string of the molecule is C/C(=C(/C#N)C(=O)N=CN(C)C)c1ccccc1. The minimum atomic E-state index is -0.521. The highest BCUT2D eigenvalue weighted by molar-refractivity contribution is 6.07. The van der Waals surface area contributed by atoms with E-state index in [1.54, 1.807) is 25.9 Å². The first-order chi connectivity index (χ1) is 8.56. The fourth-order valence-corrected chi connectivity index (χ4v) is 1.36. The van der Waals surface area contributed by atoms with Gasteiger partial charge in [-0.15, -0.1) is 0 Å². The van der Waals surface area contributed by atoms with Crippen molar-refractivity contribution >= 4 is 17.8 Å². The Morgan fingerprint density at radius 3 is 2.44 bits per heavy atom. The molecule has 0 spiro atoms. The molecule has 0 radical (unpaired) electrons. The van der Waals surface area contributed by atoms with Gasteiger partial charge in [0.15, 0.2) is 0 Å². The molecule has 1 aromatic carbocycles. The van der Waals surface area contributed by atoms with Gasteiger partial charge in [-0.05, 0) is 18.1 Å². The van der Waals surface area contributed by atoms with Crippen molar-refractivity contribution in [2.75, 3.05) is 14.1 Å². The predicted molar refractivity (Wildman–Crippen MR) is 71.8 cm³/mol. The zero-order chi connectivity index (χ0) is 13.5. The standard InChI is InChI=1S/C14H15N3O/c1-11(12-7-5-4-6-8-12)13(9-15)14(18)16-10-17(2)3/h4-8,10H,1-3H3/b13-11+,16-10?. The Hall–Kier alpha value is -2.41. The van der Waals surface area contributed by atoms with Crippen molar-refractivity contribution in [1.82, 2.24) is 4.90 Å². The van der Waals surface area contributed by atoms with Crippen LogP contribution in [0.4, 0.5) is 0 Å². The molecule has 1 aromatic rings. The van der Waals surface area contributed by atoms with Crippen LogP contribution in [0.15, 0.2) is 40.9 Å². The fourth-order valence-electron chi connectivity index (χ4n) is 1.36. The molecule has 0 saturated heterocycles. The van der Waals surface area contributed by atoms with Crippen LogP contribution in [0.5, 0.6) is 0 Å². The van der Waals surface area contributed by atoms with Gasteiger partial charge in [0.1, 0.15) is 11.6 Å². The minimum absolute atomic E-state index is 0.0688. The Morgan fingerprint density at radius 1 is 1.33 bits per heavy atom. The van der Waals surface area contributed by atoms with E-state index in [0.29, 0.717) is 5.57 Å². The lowest BCUT2D eigenvalue weighted by molar-refractivity contribution is -0.113. The van der Waals surface area contributed by atoms with Gasteiger partial charge in [-0.2, -0.15) is 10.3 Å². The van der Waals surface area contributed by atoms with E-state index in [4.69, 9.17) is 5.26 Å². The van der Waals surface area contributed by atoms with Crippen LogP contribution in [0.1, 0.15) is 12.5 Å². The topological polar surface area (TPSA) is 56.5 Å². The molecule has 0 heterocycles. The van der Waals surface area contributed by atoms with E-state index in [9.17, 15) is 4.79 Å². The monoisotopic (exact) mass is 241 g/mol. The smallest absolute Gasteiger partial charge is 0.289 e. The molecule has 92 valence electrons. The molecule has 0 fully saturated rings. The molecule has 18 heavy (non-hydrogen) atoms. The summed E-state index contributed by atoms with van der Waals surface area (Å²) in [6, 6.07) is 11.2. The van der Waals surface area contributed by atoms with E-state index in [1.807, 2.05) is 36.4 Å². The summed E-state index contributed by atoms with van der Waals surface area (Å²) in [6.07, 6.45) is 1.39. The van der Waals surface area contributed by atoms with Crippen molar-refractivity contribution in [3.05, 3.63) is 41.5 Å². The number of aliphatic imine (C=N–C) groups is 1. The van der Waals surface area contributed by atoms with Crippen LogP contribution in [0.3, 0.4) is 0 Å². The molecule has 4 heteroatoms. The molecule has 0 bridgehead atoms. The summed E-state index contributed by atoms with van der Waals surface area (Å²) in [6.45, 7) is 1.75. The number of rotatable bonds is 3. The Kier molecular flexibility index (Phi) is 4.82. The largest absolute Gasteiger partial charge is 0.369 e. The first-order valence-electron chi connectivity index (χ1n) is 5.47. The zero-order valence-corrected chi connectivity index (χ0v) is 10.7. The number of amides is 1. The summed E-state index contributed by atoms with van der Waals surface area (Å²) in [7, 11) is 3.52. The number of nitrogens with zero attached hydrogens (tertiary/aromatic N) is 3. The quantitative estimate of drug-likeness (QED) is 0.352. The Bertz CT molecular complexity index is 522. The molecular weight excluding hydrogens is 226 g/mol. The van der Waals surface area contributed by atoms with Crippen molar-refractivity contribution in [3.63, 3.8) is 0 Å². The van der Waals surface area contributed by atoms with Gasteiger partial charge in [-0.25, -0.2) is 0 Å². The molecule has 1 rings (SSSR count). The molecular formula is C14H15N3O. The first kappa shape index (κ1) is 13.7. The maximum absolute atomic E-state index is 11.8. The molecule has 0 atom stereocenters. The second-order valence-corrected chi connectivity index (χ2v) is 3.99. The number of nitriles is 1. The Morgan fingerprint density at radius 2 is 1.94 bits per heavy atom. The third-order valence-electron chi connectivity index (χ3n) is 2.31. The van der Waals surface area contributed by atoms with Gasteiger partial charge < -0.3 is 4.90 Å². The van der Waals surface area contributed by atoms with Gasteiger partial charge in [-0.1, -0.05) is 30.3 Å². The molecule has 0 aliphatic heterocycles. The van der Waals surface area contributed by atoms with E-state index in [2.05, 4.69) is 4.99 Å². The molecule has 0 saturated carbocycles. The van der Waals surface area contributed by atoms with Gasteiger partial charge in [0.2, 0.25) is 0 Å². The molecule has 0 aliphatic rings. The van der Waals surface area contributed by atoms with Crippen molar-refractivity contribution in [2.45, 2.75) is 6.92 Å². The number of hydrogen-bond donors (Lipinski definition) is 0. The van der Waals surface area contributed by atoms with E-state index in [-0.39, 0.29) is 5.57 Å². The van der Waals surface area contributed by atoms with Gasteiger partial charge >= 0.3 is 0 Å².